The van der Waals surface area contributed by atoms with Gasteiger partial charge >= 0.3 is 6.03 Å². The first-order valence-electron chi connectivity index (χ1n) is 5.30. The lowest BCUT2D eigenvalue weighted by molar-refractivity contribution is 0.249. The van der Waals surface area contributed by atoms with Crippen LogP contribution in [0.2, 0.25) is 0 Å². The van der Waals surface area contributed by atoms with Crippen molar-refractivity contribution in [3.05, 3.63) is 40.2 Å². The summed E-state index contributed by atoms with van der Waals surface area (Å²) in [6.07, 6.45) is 2.41. The van der Waals surface area contributed by atoms with Gasteiger partial charge in [-0.1, -0.05) is 0 Å². The number of hydrazone groups is 1. The van der Waals surface area contributed by atoms with Crippen LogP contribution in [0.4, 0.5) is 4.79 Å². The predicted molar refractivity (Wildman–Crippen MR) is 69.3 cm³/mol. The van der Waals surface area contributed by atoms with Crippen molar-refractivity contribution >= 4 is 23.2 Å². The van der Waals surface area contributed by atoms with Crippen LogP contribution in [-0.4, -0.2) is 19.4 Å². The van der Waals surface area contributed by atoms with E-state index in [-0.39, 0.29) is 11.0 Å². The molecule has 0 atom stereocenters. The molecule has 2 amide bonds. The number of urea groups is 1. The predicted octanol–water partition coefficient (Wildman–Crippen LogP) is 0.804. The number of hydrogen-bond donors (Lipinski definition) is 2. The average molecular weight is 261 g/mol. The van der Waals surface area contributed by atoms with Gasteiger partial charge in [-0.15, -0.1) is 0 Å². The van der Waals surface area contributed by atoms with Crippen molar-refractivity contribution in [3.63, 3.8) is 0 Å². The minimum absolute atomic E-state index is 0.200. The van der Waals surface area contributed by atoms with Gasteiger partial charge < -0.3 is 14.9 Å². The second kappa shape index (κ2) is 5.21. The molecular weight excluding hydrogens is 250 g/mol. The van der Waals surface area contributed by atoms with Gasteiger partial charge in [-0.25, -0.2) is 10.2 Å². The molecule has 1 aromatic carbocycles. The Balaban J connectivity index is 2.43. The SMILES string of the molecule is COc1ccc2c(=O)c(C=NNC(N)=O)coc2c1. The fourth-order valence-electron chi connectivity index (χ4n) is 1.51. The van der Waals surface area contributed by atoms with Crippen molar-refractivity contribution in [3.8, 4) is 5.75 Å². The maximum Gasteiger partial charge on any atom is 0.332 e. The summed E-state index contributed by atoms with van der Waals surface area (Å²) in [5.74, 6) is 0.590. The lowest BCUT2D eigenvalue weighted by Crippen LogP contribution is -2.24. The van der Waals surface area contributed by atoms with Gasteiger partial charge in [0.05, 0.1) is 24.3 Å². The minimum atomic E-state index is -0.814. The van der Waals surface area contributed by atoms with Crippen molar-refractivity contribution in [2.45, 2.75) is 0 Å². The number of ether oxygens (including phenoxy) is 1. The summed E-state index contributed by atoms with van der Waals surface area (Å²) in [5.41, 5.74) is 7.18. The van der Waals surface area contributed by atoms with Crippen LogP contribution in [-0.2, 0) is 0 Å². The highest BCUT2D eigenvalue weighted by Crippen LogP contribution is 2.18. The van der Waals surface area contributed by atoms with E-state index in [1.807, 2.05) is 5.43 Å². The van der Waals surface area contributed by atoms with Gasteiger partial charge in [-0.3, -0.25) is 4.79 Å². The Morgan fingerprint density at radius 1 is 1.53 bits per heavy atom. The average Bonchev–Trinajstić information content (AvgIpc) is 2.40. The molecule has 0 saturated carbocycles. The quantitative estimate of drug-likeness (QED) is 0.629. The summed E-state index contributed by atoms with van der Waals surface area (Å²) in [4.78, 5) is 22.5. The zero-order valence-electron chi connectivity index (χ0n) is 10.0. The third-order valence-corrected chi connectivity index (χ3v) is 2.39. The molecule has 0 bridgehead atoms. The van der Waals surface area contributed by atoms with Crippen molar-refractivity contribution < 1.29 is 13.9 Å². The molecule has 0 aliphatic rings. The number of hydrogen-bond acceptors (Lipinski definition) is 5. The molecule has 0 aliphatic carbocycles. The number of nitrogens with one attached hydrogen (secondary N) is 1. The largest absolute Gasteiger partial charge is 0.497 e. The zero-order valence-corrected chi connectivity index (χ0v) is 10.0. The van der Waals surface area contributed by atoms with Crippen LogP contribution in [0.25, 0.3) is 11.0 Å². The number of nitrogens with zero attached hydrogens (tertiary/aromatic N) is 1. The Morgan fingerprint density at radius 3 is 3.00 bits per heavy atom. The Labute approximate surface area is 107 Å². The highest BCUT2D eigenvalue weighted by Gasteiger charge is 2.06. The smallest absolute Gasteiger partial charge is 0.332 e. The number of primary amides is 1. The van der Waals surface area contributed by atoms with Gasteiger partial charge in [0.25, 0.3) is 0 Å². The summed E-state index contributed by atoms with van der Waals surface area (Å²) in [6, 6.07) is 4.05. The molecule has 98 valence electrons. The number of benzene rings is 1. The Kier molecular flexibility index (Phi) is 3.46. The van der Waals surface area contributed by atoms with Crippen molar-refractivity contribution in [1.82, 2.24) is 5.43 Å². The summed E-state index contributed by atoms with van der Waals surface area (Å²) >= 11 is 0. The van der Waals surface area contributed by atoms with E-state index in [1.165, 1.54) is 19.6 Å². The molecule has 0 unspecified atom stereocenters. The monoisotopic (exact) mass is 261 g/mol. The van der Waals surface area contributed by atoms with Crippen LogP contribution in [0.15, 0.2) is 38.8 Å². The van der Waals surface area contributed by atoms with Crippen LogP contribution < -0.4 is 21.3 Å². The summed E-state index contributed by atoms with van der Waals surface area (Å²) < 4.78 is 10.3. The molecule has 2 rings (SSSR count). The third-order valence-electron chi connectivity index (χ3n) is 2.39. The zero-order chi connectivity index (χ0) is 13.8. The fraction of sp³-hybridized carbons (Fsp3) is 0.0833. The molecule has 7 heteroatoms. The molecule has 0 aliphatic heterocycles. The number of amides is 2. The molecule has 19 heavy (non-hydrogen) atoms. The molecule has 3 N–H and O–H groups in total. The fourth-order valence-corrected chi connectivity index (χ4v) is 1.51. The molecule has 1 aromatic heterocycles. The molecule has 0 radical (unpaired) electrons. The second-order valence-electron chi connectivity index (χ2n) is 3.62. The summed E-state index contributed by atoms with van der Waals surface area (Å²) in [6.45, 7) is 0. The number of carbonyl (C=O) groups is 1. The van der Waals surface area contributed by atoms with E-state index in [0.717, 1.165) is 0 Å². The second-order valence-corrected chi connectivity index (χ2v) is 3.62. The highest BCUT2D eigenvalue weighted by atomic mass is 16.5. The molecule has 0 saturated heterocycles. The maximum absolute atomic E-state index is 12.1. The Bertz CT molecular complexity index is 706. The van der Waals surface area contributed by atoms with Gasteiger partial charge in [0.2, 0.25) is 5.43 Å². The lowest BCUT2D eigenvalue weighted by Gasteiger charge is -2.01. The minimum Gasteiger partial charge on any atom is -0.497 e. The van der Waals surface area contributed by atoms with Gasteiger partial charge in [0, 0.05) is 6.07 Å². The van der Waals surface area contributed by atoms with Crippen molar-refractivity contribution in [2.24, 2.45) is 10.8 Å². The van der Waals surface area contributed by atoms with Crippen molar-refractivity contribution in [2.75, 3.05) is 7.11 Å². The first-order valence-corrected chi connectivity index (χ1v) is 5.30. The standard InChI is InChI=1S/C12H11N3O4/c1-18-8-2-3-9-10(4-8)19-6-7(11(9)16)5-14-15-12(13)17/h2-6H,1H3,(H3,13,15,17). The topological polar surface area (TPSA) is 107 Å². The molecule has 0 spiro atoms. The van der Waals surface area contributed by atoms with Gasteiger partial charge in [0.15, 0.2) is 0 Å². The van der Waals surface area contributed by atoms with Crippen LogP contribution in [0.3, 0.4) is 0 Å². The van der Waals surface area contributed by atoms with E-state index < -0.39 is 6.03 Å². The third kappa shape index (κ3) is 2.71. The first-order chi connectivity index (χ1) is 9.11. The summed E-state index contributed by atoms with van der Waals surface area (Å²) in [5, 5.41) is 3.90. The highest BCUT2D eigenvalue weighted by molar-refractivity contribution is 5.87. The lowest BCUT2D eigenvalue weighted by atomic mass is 10.2. The Hall–Kier alpha value is -2.83. The molecule has 2 aromatic rings. The van der Waals surface area contributed by atoms with E-state index in [4.69, 9.17) is 14.9 Å². The molecular formula is C12H11N3O4. The van der Waals surface area contributed by atoms with Gasteiger partial charge in [-0.2, -0.15) is 5.10 Å². The number of fused-ring (bicyclic) bond motifs is 1. The van der Waals surface area contributed by atoms with E-state index in [0.29, 0.717) is 16.7 Å². The van der Waals surface area contributed by atoms with Gasteiger partial charge in [0.1, 0.15) is 17.6 Å². The molecule has 7 nitrogen and oxygen atoms in total. The van der Waals surface area contributed by atoms with E-state index in [2.05, 4.69) is 5.10 Å². The first kappa shape index (κ1) is 12.6. The normalized spacial score (nSPS) is 10.8. The molecule has 0 fully saturated rings. The van der Waals surface area contributed by atoms with E-state index in [1.54, 1.807) is 18.2 Å². The van der Waals surface area contributed by atoms with Crippen LogP contribution in [0.5, 0.6) is 5.75 Å². The number of nitrogens with two attached hydrogens (primary N) is 1. The van der Waals surface area contributed by atoms with Crippen molar-refractivity contribution in [1.29, 1.82) is 0 Å². The molecule has 1 heterocycles. The maximum atomic E-state index is 12.1. The van der Waals surface area contributed by atoms with Crippen LogP contribution in [0, 0.1) is 0 Å². The number of methoxy groups -OCH3 is 1. The van der Waals surface area contributed by atoms with Gasteiger partial charge in [-0.05, 0) is 12.1 Å². The summed E-state index contributed by atoms with van der Waals surface area (Å²) in [7, 11) is 1.52. The number of rotatable bonds is 3. The van der Waals surface area contributed by atoms with E-state index in [9.17, 15) is 9.59 Å². The van der Waals surface area contributed by atoms with Crippen LogP contribution >= 0.6 is 0 Å². The van der Waals surface area contributed by atoms with E-state index >= 15 is 0 Å². The Morgan fingerprint density at radius 2 is 2.32 bits per heavy atom. The van der Waals surface area contributed by atoms with Crippen LogP contribution in [0.1, 0.15) is 5.56 Å². The number of carbonyl (C=O) groups excluding carboxylic acids is 1.